The van der Waals surface area contributed by atoms with Crippen molar-refractivity contribution >= 4 is 55.4 Å². The number of aromatic nitrogens is 2. The van der Waals surface area contributed by atoms with E-state index in [0.29, 0.717) is 49.7 Å². The van der Waals surface area contributed by atoms with Crippen molar-refractivity contribution < 1.29 is 19.2 Å². The zero-order valence-corrected chi connectivity index (χ0v) is 18.8. The fourth-order valence-corrected chi connectivity index (χ4v) is 5.55. The third-order valence-electron chi connectivity index (χ3n) is 4.50. The molecule has 3 aromatic rings. The molecule has 0 bridgehead atoms. The average molecular weight is 498 g/mol. The van der Waals surface area contributed by atoms with Crippen LogP contribution in [0.2, 0.25) is 0 Å². The number of aromatic hydroxyl groups is 1. The fraction of sp³-hybridized carbons (Fsp3) is 0.263. The molecular formula is C19H20BrN3O4S2. The van der Waals surface area contributed by atoms with Crippen LogP contribution in [0.15, 0.2) is 40.0 Å². The standard InChI is InChI=1S/C19H20BrN3O4S2/c1-23-13-8-12(20)18(24)11(9-28-7-5-21)16(13)17(19(25)26)14(23)10-29(27)15-4-2-3-6-22-15/h2-4,6,8,24H,5,7,9-10,21H2,1H3,(H,25,26). The summed E-state index contributed by atoms with van der Waals surface area (Å²) in [5.41, 5.74) is 7.19. The predicted molar refractivity (Wildman–Crippen MR) is 119 cm³/mol. The van der Waals surface area contributed by atoms with Gasteiger partial charge in [-0.3, -0.25) is 4.21 Å². The van der Waals surface area contributed by atoms with Crippen LogP contribution in [-0.4, -0.2) is 42.2 Å². The van der Waals surface area contributed by atoms with Gasteiger partial charge in [-0.25, -0.2) is 9.78 Å². The lowest BCUT2D eigenvalue weighted by Gasteiger charge is -2.10. The average Bonchev–Trinajstić information content (AvgIpc) is 2.97. The summed E-state index contributed by atoms with van der Waals surface area (Å²) in [6.07, 6.45) is 1.55. The number of benzene rings is 1. The molecule has 0 saturated heterocycles. The van der Waals surface area contributed by atoms with Crippen LogP contribution in [0.1, 0.15) is 21.6 Å². The minimum Gasteiger partial charge on any atom is -0.506 e. The van der Waals surface area contributed by atoms with E-state index in [0.717, 1.165) is 0 Å². The molecule has 0 radical (unpaired) electrons. The van der Waals surface area contributed by atoms with Crippen LogP contribution in [-0.2, 0) is 29.4 Å². The molecule has 1 aromatic carbocycles. The molecule has 0 aliphatic carbocycles. The summed E-state index contributed by atoms with van der Waals surface area (Å²) in [7, 11) is 0.223. The maximum Gasteiger partial charge on any atom is 0.338 e. The minimum absolute atomic E-state index is 0.00239. The van der Waals surface area contributed by atoms with Crippen molar-refractivity contribution in [3.63, 3.8) is 0 Å². The van der Waals surface area contributed by atoms with E-state index in [1.165, 1.54) is 11.8 Å². The number of thioether (sulfide) groups is 1. The van der Waals surface area contributed by atoms with Crippen molar-refractivity contribution in [1.29, 1.82) is 0 Å². The van der Waals surface area contributed by atoms with Gasteiger partial charge in [0.1, 0.15) is 10.8 Å². The molecule has 0 aliphatic heterocycles. The van der Waals surface area contributed by atoms with Crippen molar-refractivity contribution in [3.05, 3.63) is 51.8 Å². The number of carboxylic acids is 1. The van der Waals surface area contributed by atoms with E-state index < -0.39 is 16.8 Å². The lowest BCUT2D eigenvalue weighted by Crippen LogP contribution is -2.08. The van der Waals surface area contributed by atoms with Gasteiger partial charge >= 0.3 is 5.97 Å². The quantitative estimate of drug-likeness (QED) is 0.408. The molecule has 0 fully saturated rings. The van der Waals surface area contributed by atoms with Crippen LogP contribution in [0.3, 0.4) is 0 Å². The number of hydrogen-bond acceptors (Lipinski definition) is 6. The molecule has 2 heterocycles. The predicted octanol–water partition coefficient (Wildman–Crippen LogP) is 3.24. The van der Waals surface area contributed by atoms with E-state index in [-0.39, 0.29) is 17.1 Å². The van der Waals surface area contributed by atoms with Gasteiger partial charge in [0.05, 0.1) is 32.1 Å². The van der Waals surface area contributed by atoms with Gasteiger partial charge in [-0.15, -0.1) is 0 Å². The van der Waals surface area contributed by atoms with Gasteiger partial charge in [0, 0.05) is 47.9 Å². The number of halogens is 1. The molecule has 3 rings (SSSR count). The summed E-state index contributed by atoms with van der Waals surface area (Å²) >= 11 is 4.87. The van der Waals surface area contributed by atoms with Crippen LogP contribution < -0.4 is 5.73 Å². The zero-order valence-electron chi connectivity index (χ0n) is 15.6. The maximum atomic E-state index is 12.8. The summed E-state index contributed by atoms with van der Waals surface area (Å²) in [6.45, 7) is 0.484. The number of phenols is 1. The third-order valence-corrected chi connectivity index (χ3v) is 7.36. The lowest BCUT2D eigenvalue weighted by atomic mass is 10.0. The zero-order chi connectivity index (χ0) is 21.1. The summed E-state index contributed by atoms with van der Waals surface area (Å²) in [5.74, 6) is -0.0361. The second kappa shape index (κ2) is 9.29. The normalized spacial score (nSPS) is 12.4. The number of aromatic carboxylic acids is 1. The lowest BCUT2D eigenvalue weighted by molar-refractivity contribution is 0.0698. The van der Waals surface area contributed by atoms with Crippen molar-refractivity contribution in [1.82, 2.24) is 9.55 Å². The number of aryl methyl sites for hydroxylation is 1. The van der Waals surface area contributed by atoms with E-state index in [4.69, 9.17) is 5.73 Å². The summed E-state index contributed by atoms with van der Waals surface area (Å²) in [6, 6.07) is 6.80. The number of hydrogen-bond donors (Lipinski definition) is 3. The summed E-state index contributed by atoms with van der Waals surface area (Å²) < 4.78 is 15.0. The first-order valence-corrected chi connectivity index (χ1v) is 12.0. The maximum absolute atomic E-state index is 12.8. The molecule has 0 spiro atoms. The first-order valence-electron chi connectivity index (χ1n) is 8.68. The highest BCUT2D eigenvalue weighted by atomic mass is 79.9. The highest BCUT2D eigenvalue weighted by molar-refractivity contribution is 9.10. The van der Waals surface area contributed by atoms with E-state index in [1.807, 2.05) is 0 Å². The van der Waals surface area contributed by atoms with Crippen molar-refractivity contribution in [2.75, 3.05) is 12.3 Å². The number of carboxylic acid groups (broad SMARTS) is 1. The Morgan fingerprint density at radius 2 is 2.17 bits per heavy atom. The van der Waals surface area contributed by atoms with Crippen LogP contribution in [0.5, 0.6) is 5.75 Å². The highest BCUT2D eigenvalue weighted by Gasteiger charge is 2.27. The Kier molecular flexibility index (Phi) is 6.99. The summed E-state index contributed by atoms with van der Waals surface area (Å²) in [5, 5.41) is 21.4. The smallest absolute Gasteiger partial charge is 0.338 e. The Labute approximate surface area is 182 Å². The Hall–Kier alpha value is -1.88. The SMILES string of the molecule is Cn1c(CS(=O)c2ccccn2)c(C(=O)O)c2c(CSCCN)c(O)c(Br)cc21. The number of nitrogens with two attached hydrogens (primary N) is 1. The number of nitrogens with zero attached hydrogens (tertiary/aromatic N) is 2. The summed E-state index contributed by atoms with van der Waals surface area (Å²) in [4.78, 5) is 16.3. The Morgan fingerprint density at radius 3 is 2.79 bits per heavy atom. The largest absolute Gasteiger partial charge is 0.506 e. The minimum atomic E-state index is -1.51. The number of carbonyl (C=O) groups is 1. The fourth-order valence-electron chi connectivity index (χ4n) is 3.16. The van der Waals surface area contributed by atoms with Gasteiger partial charge in [-0.1, -0.05) is 6.07 Å². The first kappa shape index (κ1) is 21.8. The Balaban J connectivity index is 2.19. The van der Waals surface area contributed by atoms with Gasteiger partial charge in [0.25, 0.3) is 0 Å². The molecule has 1 atom stereocenters. The second-order valence-electron chi connectivity index (χ2n) is 6.26. The van der Waals surface area contributed by atoms with Crippen LogP contribution >= 0.6 is 27.7 Å². The third kappa shape index (κ3) is 4.35. The van der Waals surface area contributed by atoms with Gasteiger partial charge in [-0.2, -0.15) is 11.8 Å². The number of phenolic OH excluding ortho intramolecular Hbond substituents is 1. The number of fused-ring (bicyclic) bond motifs is 1. The molecule has 2 aromatic heterocycles. The Morgan fingerprint density at radius 1 is 1.41 bits per heavy atom. The first-order chi connectivity index (χ1) is 13.9. The molecule has 10 heteroatoms. The van der Waals surface area contributed by atoms with E-state index in [9.17, 15) is 19.2 Å². The van der Waals surface area contributed by atoms with Gasteiger partial charge in [0.2, 0.25) is 0 Å². The van der Waals surface area contributed by atoms with E-state index >= 15 is 0 Å². The van der Waals surface area contributed by atoms with E-state index in [1.54, 1.807) is 42.1 Å². The van der Waals surface area contributed by atoms with E-state index in [2.05, 4.69) is 20.9 Å². The van der Waals surface area contributed by atoms with Crippen molar-refractivity contribution in [3.8, 4) is 5.75 Å². The van der Waals surface area contributed by atoms with Gasteiger partial charge in [0.15, 0.2) is 0 Å². The molecule has 4 N–H and O–H groups in total. The second-order valence-corrected chi connectivity index (χ2v) is 9.62. The topological polar surface area (TPSA) is 118 Å². The molecule has 0 amide bonds. The molecule has 1 unspecified atom stereocenters. The van der Waals surface area contributed by atoms with Crippen molar-refractivity contribution in [2.24, 2.45) is 12.8 Å². The number of rotatable bonds is 8. The molecular weight excluding hydrogens is 478 g/mol. The molecule has 7 nitrogen and oxygen atoms in total. The number of pyridine rings is 1. The van der Waals surface area contributed by atoms with Gasteiger partial charge in [-0.05, 0) is 34.1 Å². The Bertz CT molecular complexity index is 1090. The molecule has 0 aliphatic rings. The van der Waals surface area contributed by atoms with Gasteiger partial charge < -0.3 is 20.5 Å². The molecule has 154 valence electrons. The molecule has 29 heavy (non-hydrogen) atoms. The van der Waals surface area contributed by atoms with Crippen molar-refractivity contribution in [2.45, 2.75) is 16.5 Å². The van der Waals surface area contributed by atoms with Crippen LogP contribution in [0, 0.1) is 0 Å². The van der Waals surface area contributed by atoms with Crippen LogP contribution in [0.25, 0.3) is 10.9 Å². The highest BCUT2D eigenvalue weighted by Crippen LogP contribution is 2.41. The van der Waals surface area contributed by atoms with Crippen LogP contribution in [0.4, 0.5) is 0 Å². The molecule has 0 saturated carbocycles. The monoisotopic (exact) mass is 497 g/mol.